The molecule has 0 saturated heterocycles. The maximum atomic E-state index is 11.4. The minimum atomic E-state index is -0.324. The summed E-state index contributed by atoms with van der Waals surface area (Å²) in [6.07, 6.45) is 3.00. The van der Waals surface area contributed by atoms with Gasteiger partial charge < -0.3 is 4.98 Å². The lowest BCUT2D eigenvalue weighted by atomic mass is 10.2. The first-order valence-corrected chi connectivity index (χ1v) is 4.66. The van der Waals surface area contributed by atoms with E-state index in [1.807, 2.05) is 25.5 Å². The molecule has 0 aliphatic rings. The van der Waals surface area contributed by atoms with E-state index in [4.69, 9.17) is 0 Å². The van der Waals surface area contributed by atoms with E-state index in [1.54, 1.807) is 6.33 Å². The molecule has 0 aliphatic carbocycles. The lowest BCUT2D eigenvalue weighted by Gasteiger charge is -2.25. The molecule has 0 spiro atoms. The number of nitrogens with one attached hydrogen (secondary N) is 2. The molecule has 6 heteroatoms. The van der Waals surface area contributed by atoms with Gasteiger partial charge in [-0.2, -0.15) is 0 Å². The third kappa shape index (κ3) is 1.42. The summed E-state index contributed by atoms with van der Waals surface area (Å²) in [5, 5.41) is 3.13. The molecular formula is C9H13N5O. The van der Waals surface area contributed by atoms with E-state index in [2.05, 4.69) is 20.3 Å². The van der Waals surface area contributed by atoms with Crippen LogP contribution in [0.4, 0.5) is 0 Å². The van der Waals surface area contributed by atoms with Crippen LogP contribution in [0.1, 0.15) is 13.8 Å². The van der Waals surface area contributed by atoms with E-state index in [-0.39, 0.29) is 11.2 Å². The van der Waals surface area contributed by atoms with Crippen LogP contribution in [0.3, 0.4) is 0 Å². The fraction of sp³-hybridized carbons (Fsp3) is 0.444. The van der Waals surface area contributed by atoms with E-state index < -0.39 is 0 Å². The van der Waals surface area contributed by atoms with Gasteiger partial charge in [0, 0.05) is 0 Å². The third-order valence-electron chi connectivity index (χ3n) is 2.55. The van der Waals surface area contributed by atoms with Crippen molar-refractivity contribution in [1.82, 2.24) is 24.8 Å². The second-order valence-corrected chi connectivity index (χ2v) is 3.83. The monoisotopic (exact) mass is 207 g/mol. The molecule has 0 aromatic carbocycles. The number of aromatic nitrogens is 4. The first-order chi connectivity index (χ1) is 7.06. The molecule has 2 rings (SSSR count). The normalized spacial score (nSPS) is 12.2. The zero-order valence-corrected chi connectivity index (χ0v) is 8.90. The molecule has 0 bridgehead atoms. The van der Waals surface area contributed by atoms with Crippen LogP contribution in [0.2, 0.25) is 0 Å². The smallest absolute Gasteiger partial charge is 0.278 e. The molecule has 0 fully saturated rings. The summed E-state index contributed by atoms with van der Waals surface area (Å²) < 4.78 is 1.83. The Morgan fingerprint density at radius 2 is 2.20 bits per heavy atom. The van der Waals surface area contributed by atoms with E-state index in [9.17, 15) is 4.79 Å². The van der Waals surface area contributed by atoms with Gasteiger partial charge in [-0.3, -0.25) is 14.7 Å². The highest BCUT2D eigenvalue weighted by Gasteiger charge is 2.21. The Labute approximate surface area is 86.4 Å². The Balaban J connectivity index is 2.75. The summed E-state index contributed by atoms with van der Waals surface area (Å²) in [4.78, 5) is 22.1. The summed E-state index contributed by atoms with van der Waals surface area (Å²) in [5.41, 5.74) is 0.403. The highest BCUT2D eigenvalue weighted by molar-refractivity contribution is 5.69. The quantitative estimate of drug-likeness (QED) is 0.728. The van der Waals surface area contributed by atoms with Gasteiger partial charge in [0.05, 0.1) is 18.3 Å². The molecule has 2 aromatic rings. The van der Waals surface area contributed by atoms with Gasteiger partial charge in [-0.15, -0.1) is 0 Å². The Hall–Kier alpha value is -1.69. The second-order valence-electron chi connectivity index (χ2n) is 3.83. The SMILES string of the molecule is CNC(C)(C)n1cnc2c(=O)[nH]cnc21. The first kappa shape index (κ1) is 9.85. The number of rotatable bonds is 2. The molecular weight excluding hydrogens is 194 g/mol. The van der Waals surface area contributed by atoms with Gasteiger partial charge in [0.25, 0.3) is 5.56 Å². The summed E-state index contributed by atoms with van der Waals surface area (Å²) in [5.74, 6) is 0. The predicted molar refractivity (Wildman–Crippen MR) is 56.5 cm³/mol. The van der Waals surface area contributed by atoms with Crippen LogP contribution in [0.25, 0.3) is 11.2 Å². The van der Waals surface area contributed by atoms with Crippen molar-refractivity contribution in [3.05, 3.63) is 23.0 Å². The molecule has 0 aliphatic heterocycles. The zero-order chi connectivity index (χ0) is 11.1. The highest BCUT2D eigenvalue weighted by atomic mass is 16.1. The van der Waals surface area contributed by atoms with Crippen molar-refractivity contribution in [2.75, 3.05) is 7.05 Å². The van der Waals surface area contributed by atoms with Crippen LogP contribution in [-0.2, 0) is 5.66 Å². The van der Waals surface area contributed by atoms with Gasteiger partial charge in [-0.1, -0.05) is 0 Å². The van der Waals surface area contributed by atoms with Gasteiger partial charge in [0.1, 0.15) is 0 Å². The maximum absolute atomic E-state index is 11.4. The maximum Gasteiger partial charge on any atom is 0.278 e. The Bertz CT molecular complexity index is 539. The van der Waals surface area contributed by atoms with Crippen molar-refractivity contribution in [3.8, 4) is 0 Å². The van der Waals surface area contributed by atoms with Gasteiger partial charge in [0.15, 0.2) is 11.2 Å². The zero-order valence-electron chi connectivity index (χ0n) is 8.90. The van der Waals surface area contributed by atoms with Gasteiger partial charge in [-0.25, -0.2) is 9.97 Å². The summed E-state index contributed by atoms with van der Waals surface area (Å²) in [7, 11) is 1.85. The molecule has 0 unspecified atom stereocenters. The van der Waals surface area contributed by atoms with Crippen molar-refractivity contribution >= 4 is 11.2 Å². The topological polar surface area (TPSA) is 75.6 Å². The molecule has 2 heterocycles. The number of nitrogens with zero attached hydrogens (tertiary/aromatic N) is 3. The van der Waals surface area contributed by atoms with Crippen molar-refractivity contribution in [2.24, 2.45) is 0 Å². The standard InChI is InChI=1S/C9H13N5O/c1-9(2,10-3)14-5-13-6-7(14)11-4-12-8(6)15/h4-5,10H,1-3H3,(H,11,12,15). The van der Waals surface area contributed by atoms with Crippen LogP contribution >= 0.6 is 0 Å². The molecule has 6 nitrogen and oxygen atoms in total. The number of aromatic amines is 1. The fourth-order valence-electron chi connectivity index (χ4n) is 1.38. The van der Waals surface area contributed by atoms with E-state index >= 15 is 0 Å². The van der Waals surface area contributed by atoms with Crippen LogP contribution < -0.4 is 10.9 Å². The number of imidazole rings is 1. The van der Waals surface area contributed by atoms with Crippen LogP contribution in [-0.4, -0.2) is 26.6 Å². The Kier molecular flexibility index (Phi) is 2.08. The van der Waals surface area contributed by atoms with Crippen molar-refractivity contribution in [1.29, 1.82) is 0 Å². The van der Waals surface area contributed by atoms with Crippen LogP contribution in [0.15, 0.2) is 17.4 Å². The molecule has 2 N–H and O–H groups in total. The molecule has 15 heavy (non-hydrogen) atoms. The molecule has 0 saturated carbocycles. The van der Waals surface area contributed by atoms with Gasteiger partial charge in [0.2, 0.25) is 0 Å². The summed E-state index contributed by atoms with van der Waals surface area (Å²) in [6.45, 7) is 3.97. The van der Waals surface area contributed by atoms with Crippen molar-refractivity contribution < 1.29 is 0 Å². The number of hydrogen-bond acceptors (Lipinski definition) is 4. The number of H-pyrrole nitrogens is 1. The highest BCUT2D eigenvalue weighted by Crippen LogP contribution is 2.15. The predicted octanol–water partition coefficient (Wildman–Crippen LogP) is 0.0316. The van der Waals surface area contributed by atoms with Crippen molar-refractivity contribution in [3.63, 3.8) is 0 Å². The Morgan fingerprint density at radius 3 is 2.87 bits per heavy atom. The van der Waals surface area contributed by atoms with Crippen LogP contribution in [0, 0.1) is 0 Å². The Morgan fingerprint density at radius 1 is 1.47 bits per heavy atom. The van der Waals surface area contributed by atoms with E-state index in [1.165, 1.54) is 6.33 Å². The fourth-order valence-corrected chi connectivity index (χ4v) is 1.38. The average molecular weight is 207 g/mol. The van der Waals surface area contributed by atoms with E-state index in [0.29, 0.717) is 11.2 Å². The minimum Gasteiger partial charge on any atom is -0.311 e. The van der Waals surface area contributed by atoms with Gasteiger partial charge >= 0.3 is 0 Å². The second kappa shape index (κ2) is 3.16. The lowest BCUT2D eigenvalue weighted by Crippen LogP contribution is -2.39. The third-order valence-corrected chi connectivity index (χ3v) is 2.55. The first-order valence-electron chi connectivity index (χ1n) is 4.66. The van der Waals surface area contributed by atoms with Gasteiger partial charge in [-0.05, 0) is 20.9 Å². The average Bonchev–Trinajstić information content (AvgIpc) is 2.63. The van der Waals surface area contributed by atoms with Crippen LogP contribution in [0.5, 0.6) is 0 Å². The summed E-state index contributed by atoms with van der Waals surface area (Å²) >= 11 is 0. The minimum absolute atomic E-state index is 0.217. The molecule has 0 amide bonds. The lowest BCUT2D eigenvalue weighted by molar-refractivity contribution is 0.304. The number of fused-ring (bicyclic) bond motifs is 1. The largest absolute Gasteiger partial charge is 0.311 e. The van der Waals surface area contributed by atoms with E-state index in [0.717, 1.165) is 0 Å². The van der Waals surface area contributed by atoms with Crippen molar-refractivity contribution in [2.45, 2.75) is 19.5 Å². The number of hydrogen-bond donors (Lipinski definition) is 2. The molecule has 80 valence electrons. The molecule has 2 aromatic heterocycles. The molecule has 0 radical (unpaired) electrons. The summed E-state index contributed by atoms with van der Waals surface area (Å²) in [6, 6.07) is 0. The molecule has 0 atom stereocenters.